The molecule has 0 unspecified atom stereocenters. The smallest absolute Gasteiger partial charge is 0.160 e. The van der Waals surface area contributed by atoms with Gasteiger partial charge in [0.2, 0.25) is 0 Å². The van der Waals surface area contributed by atoms with Crippen LogP contribution in [0.3, 0.4) is 0 Å². The summed E-state index contributed by atoms with van der Waals surface area (Å²) in [6, 6.07) is 150. The Morgan fingerprint density at radius 3 is 0.873 bits per heavy atom. The normalized spacial score (nSPS) is 11.3. The van der Waals surface area contributed by atoms with Gasteiger partial charge in [0.15, 0.2) is 5.82 Å². The predicted molar refractivity (Wildman–Crippen MR) is 565 cm³/mol. The van der Waals surface area contributed by atoms with E-state index in [1.165, 1.54) is 65.2 Å². The maximum atomic E-state index is 5.15. The minimum atomic E-state index is 0.721. The van der Waals surface area contributed by atoms with E-state index in [9.17, 15) is 0 Å². The van der Waals surface area contributed by atoms with E-state index in [-0.39, 0.29) is 0 Å². The molecule has 25 rings (SSSR count). The summed E-state index contributed by atoms with van der Waals surface area (Å²) in [5.41, 5.74) is 29.0. The van der Waals surface area contributed by atoms with Gasteiger partial charge in [-0.25, -0.2) is 19.9 Å². The fraction of sp³-hybridized carbons (Fsp3) is 0. The average molecular weight is 1980 g/mol. The number of fused-ring (bicyclic) bond motifs is 12. The van der Waals surface area contributed by atoms with Crippen molar-refractivity contribution in [1.29, 1.82) is 0 Å². The zero-order chi connectivity index (χ0) is 90.0. The first-order chi connectivity index (χ1) is 66.1. The molecule has 0 saturated heterocycles. The fourth-order valence-corrected chi connectivity index (χ4v) is 20.3. The van der Waals surface area contributed by atoms with Crippen molar-refractivity contribution < 1.29 is 0 Å². The van der Waals surface area contributed by atoms with Gasteiger partial charge in [0.25, 0.3) is 0 Å². The highest BCUT2D eigenvalue weighted by molar-refractivity contribution is 9.11. The SMILES string of the molecule is Brc1cccc2c1c1ccccc1n2-c1cc(-c2ccccc2)cc(-c2ccccc2)n1.Brc1cccc2c1c1ccccc1n2-c1cc(-c2ccccn2)cc(-c2ccccn2)c1.Brc1cccc2c1c1ccccc1n2-c1cc(-c2ccccn2)nc(-c2ccccn2)c1.Brc1cccc2c1c1ccccc1n2-c1ccc(-c2cc(-c3ccccc3)nc(-c3ccccc3)n2)cc1. The van der Waals surface area contributed by atoms with Gasteiger partial charge in [0.1, 0.15) is 5.82 Å². The van der Waals surface area contributed by atoms with E-state index in [0.29, 0.717) is 0 Å². The number of aromatic nitrogens is 12. The van der Waals surface area contributed by atoms with Gasteiger partial charge in [-0.15, -0.1) is 0 Å². The standard InChI is InChI=1S/C34H22BrN3.C29H19BrN2.C28H18BrN3.C27H17BrN4/c35-28-15-9-17-32-33(28)27-14-7-8-16-31(27)38(32)26-20-18-24(19-21-26)30-22-29(23-10-3-1-4-11-23)36-34(37-30)25-12-5-2-6-13-25;30-24-15-9-17-27-29(24)23-14-7-8-16-26(23)32(27)28-19-22(20-10-3-1-4-11-20)18-25(31-28)21-12-5-2-6-13-21;29-23-9-7-13-27-28(23)22-8-1-2-12-26(22)32(27)21-17-19(24-10-3-5-14-30-24)16-20(18-21)25-11-4-6-15-31-25;28-20-9-7-13-26-27(20)19-8-1-2-12-25(19)32(26)18-16-23(21-10-3-5-14-29-21)31-24(17-18)22-11-4-6-15-30-22/h1-22H;1-19H;1-18H;1-17H. The number of pyridine rings is 6. The van der Waals surface area contributed by atoms with Crippen molar-refractivity contribution in [3.8, 4) is 124 Å². The van der Waals surface area contributed by atoms with Gasteiger partial charge >= 0.3 is 0 Å². The third kappa shape index (κ3) is 16.4. The van der Waals surface area contributed by atoms with Gasteiger partial charge in [-0.05, 0) is 193 Å². The number of para-hydroxylation sites is 4. The molecule has 11 heterocycles. The molecule has 0 amide bonds. The Hall–Kier alpha value is -15.8. The summed E-state index contributed by atoms with van der Waals surface area (Å²) in [6.45, 7) is 0. The first kappa shape index (κ1) is 83.8. The molecule has 0 atom stereocenters. The van der Waals surface area contributed by atoms with Crippen LogP contribution >= 0.6 is 63.7 Å². The summed E-state index contributed by atoms with van der Waals surface area (Å²) < 4.78 is 13.6. The van der Waals surface area contributed by atoms with Gasteiger partial charge in [0, 0.05) is 131 Å². The Balaban J connectivity index is 0.000000104. The van der Waals surface area contributed by atoms with Crippen LogP contribution in [0.5, 0.6) is 0 Å². The number of nitrogens with zero attached hydrogens (tertiary/aromatic N) is 12. The number of benzene rings is 14. The van der Waals surface area contributed by atoms with Crippen LogP contribution in [0.4, 0.5) is 0 Å². The summed E-state index contributed by atoms with van der Waals surface area (Å²) in [7, 11) is 0. The molecule has 25 aromatic rings. The molecule has 134 heavy (non-hydrogen) atoms. The van der Waals surface area contributed by atoms with E-state index in [0.717, 1.165) is 164 Å². The van der Waals surface area contributed by atoms with Crippen molar-refractivity contribution in [3.05, 3.63) is 479 Å². The molecule has 0 aliphatic rings. The van der Waals surface area contributed by atoms with E-state index < -0.39 is 0 Å². The van der Waals surface area contributed by atoms with Crippen LogP contribution in [0.2, 0.25) is 0 Å². The van der Waals surface area contributed by atoms with Crippen LogP contribution in [-0.2, 0) is 0 Å². The Labute approximate surface area is 806 Å². The minimum Gasteiger partial charge on any atom is -0.309 e. The number of hydrogen-bond donors (Lipinski definition) is 0. The van der Waals surface area contributed by atoms with Crippen LogP contribution in [0.15, 0.2) is 479 Å². The largest absolute Gasteiger partial charge is 0.309 e. The molecule has 0 saturated carbocycles. The molecular weight excluding hydrogens is 1900 g/mol. The lowest BCUT2D eigenvalue weighted by Crippen LogP contribution is -2.00. The molecule has 636 valence electrons. The summed E-state index contributed by atoms with van der Waals surface area (Å²) >= 11 is 15.1. The molecule has 16 heteroatoms. The van der Waals surface area contributed by atoms with Crippen molar-refractivity contribution in [3.63, 3.8) is 0 Å². The van der Waals surface area contributed by atoms with Gasteiger partial charge in [0.05, 0.1) is 101 Å². The number of rotatable bonds is 13. The van der Waals surface area contributed by atoms with E-state index in [2.05, 4.69) is 417 Å². The van der Waals surface area contributed by atoms with Crippen molar-refractivity contribution in [2.45, 2.75) is 0 Å². The van der Waals surface area contributed by atoms with Crippen molar-refractivity contribution in [2.24, 2.45) is 0 Å². The molecule has 0 bridgehead atoms. The highest BCUT2D eigenvalue weighted by atomic mass is 79.9. The summed E-state index contributed by atoms with van der Waals surface area (Å²) in [5.74, 6) is 1.63. The predicted octanol–water partition coefficient (Wildman–Crippen LogP) is 32.3. The maximum absolute atomic E-state index is 5.15. The molecule has 11 aromatic heterocycles. The fourth-order valence-electron chi connectivity index (χ4n) is 18.1. The lowest BCUT2D eigenvalue weighted by atomic mass is 10.0. The van der Waals surface area contributed by atoms with Gasteiger partial charge in [-0.2, -0.15) is 0 Å². The lowest BCUT2D eigenvalue weighted by Gasteiger charge is -2.13. The van der Waals surface area contributed by atoms with Crippen LogP contribution in [0, 0.1) is 0 Å². The molecule has 14 aromatic carbocycles. The Morgan fingerprint density at radius 2 is 0.478 bits per heavy atom. The molecule has 0 aliphatic heterocycles. The second-order valence-corrected chi connectivity index (χ2v) is 35.7. The van der Waals surface area contributed by atoms with Gasteiger partial charge < -0.3 is 13.7 Å². The van der Waals surface area contributed by atoms with Crippen molar-refractivity contribution in [1.82, 2.24) is 58.1 Å². The van der Waals surface area contributed by atoms with E-state index in [1.807, 2.05) is 134 Å². The maximum Gasteiger partial charge on any atom is 0.160 e. The molecule has 0 fully saturated rings. The van der Waals surface area contributed by atoms with Crippen molar-refractivity contribution in [2.75, 3.05) is 0 Å². The molecule has 0 spiro atoms. The van der Waals surface area contributed by atoms with Crippen LogP contribution in [-0.4, -0.2) is 58.1 Å². The molecule has 12 nitrogen and oxygen atoms in total. The van der Waals surface area contributed by atoms with Gasteiger partial charge in [-0.3, -0.25) is 24.5 Å². The van der Waals surface area contributed by atoms with E-state index in [4.69, 9.17) is 19.9 Å². The van der Waals surface area contributed by atoms with E-state index in [1.54, 1.807) is 12.4 Å². The molecule has 0 radical (unpaired) electrons. The third-order valence-corrected chi connectivity index (χ3v) is 26.7. The minimum absolute atomic E-state index is 0.721. The average Bonchev–Trinajstić information content (AvgIpc) is 1.59. The highest BCUT2D eigenvalue weighted by Crippen LogP contribution is 2.44. The topological polar surface area (TPSA) is 123 Å². The first-order valence-corrected chi connectivity index (χ1v) is 47.1. The quantitative estimate of drug-likeness (QED) is 0.112. The summed E-state index contributed by atoms with van der Waals surface area (Å²) in [4.78, 5) is 38.3. The zero-order valence-corrected chi connectivity index (χ0v) is 78.1. The Morgan fingerprint density at radius 1 is 0.164 bits per heavy atom. The second-order valence-electron chi connectivity index (χ2n) is 32.2. The third-order valence-electron chi connectivity index (χ3n) is 24.1. The first-order valence-electron chi connectivity index (χ1n) is 43.9. The number of halogens is 4. The Kier molecular flexibility index (Phi) is 23.3. The zero-order valence-electron chi connectivity index (χ0n) is 71.8. The monoisotopic (exact) mass is 1980 g/mol. The highest BCUT2D eigenvalue weighted by Gasteiger charge is 2.23. The van der Waals surface area contributed by atoms with E-state index >= 15 is 0 Å². The Bertz CT molecular complexity index is 7840. The van der Waals surface area contributed by atoms with Crippen LogP contribution in [0.25, 0.3) is 212 Å². The summed E-state index contributed by atoms with van der Waals surface area (Å²) in [6.07, 6.45) is 7.25. The lowest BCUT2D eigenvalue weighted by molar-refractivity contribution is 1.08. The molecular formula is C118H76Br4N12. The van der Waals surface area contributed by atoms with Crippen molar-refractivity contribution >= 4 is 151 Å². The molecule has 0 aliphatic carbocycles. The molecule has 0 N–H and O–H groups in total. The van der Waals surface area contributed by atoms with Crippen LogP contribution < -0.4 is 0 Å². The van der Waals surface area contributed by atoms with Crippen LogP contribution in [0.1, 0.15) is 0 Å². The number of hydrogen-bond acceptors (Lipinski definition) is 8. The second kappa shape index (κ2) is 37.2. The van der Waals surface area contributed by atoms with Gasteiger partial charge in [-0.1, -0.05) is 319 Å². The summed E-state index contributed by atoms with van der Waals surface area (Å²) in [5, 5.41) is 9.70.